The minimum absolute atomic E-state index is 0.431. The number of para-hydroxylation sites is 1. The molecule has 0 unspecified atom stereocenters. The third-order valence-electron chi connectivity index (χ3n) is 4.64. The van der Waals surface area contributed by atoms with Gasteiger partial charge in [-0.25, -0.2) is 0 Å². The first-order valence-corrected chi connectivity index (χ1v) is 7.65. The normalized spacial score (nSPS) is 17.2. The van der Waals surface area contributed by atoms with Gasteiger partial charge in [0.25, 0.3) is 5.89 Å². The minimum atomic E-state index is -0.431. The lowest BCUT2D eigenvalue weighted by molar-refractivity contribution is 0.372. The Morgan fingerprint density at radius 2 is 1.95 bits per heavy atom. The van der Waals surface area contributed by atoms with Crippen LogP contribution in [-0.2, 0) is 5.54 Å². The molecule has 1 aliphatic carbocycles. The fourth-order valence-corrected chi connectivity index (χ4v) is 3.26. The second-order valence-corrected chi connectivity index (χ2v) is 6.10. The highest BCUT2D eigenvalue weighted by Gasteiger charge is 2.36. The molecule has 0 atom stereocenters. The zero-order chi connectivity index (χ0) is 15.2. The van der Waals surface area contributed by atoms with Gasteiger partial charge in [-0.2, -0.15) is 4.98 Å². The van der Waals surface area contributed by atoms with Crippen molar-refractivity contribution in [2.45, 2.75) is 38.1 Å². The van der Waals surface area contributed by atoms with E-state index in [2.05, 4.69) is 28.1 Å². The van der Waals surface area contributed by atoms with E-state index in [1.54, 1.807) is 6.20 Å². The second-order valence-electron chi connectivity index (χ2n) is 6.10. The highest BCUT2D eigenvalue weighted by atomic mass is 16.5. The van der Waals surface area contributed by atoms with Crippen molar-refractivity contribution >= 4 is 10.9 Å². The summed E-state index contributed by atoms with van der Waals surface area (Å²) in [6.07, 6.45) is 5.88. The quantitative estimate of drug-likeness (QED) is 0.784. The summed E-state index contributed by atoms with van der Waals surface area (Å²) in [4.78, 5) is 9.04. The van der Waals surface area contributed by atoms with Gasteiger partial charge in [0.2, 0.25) is 0 Å². The Morgan fingerprint density at radius 1 is 1.18 bits per heavy atom. The van der Waals surface area contributed by atoms with Crippen LogP contribution in [-0.4, -0.2) is 15.1 Å². The van der Waals surface area contributed by atoms with Crippen LogP contribution < -0.4 is 5.73 Å². The topological polar surface area (TPSA) is 77.8 Å². The molecule has 22 heavy (non-hydrogen) atoms. The molecule has 5 heteroatoms. The van der Waals surface area contributed by atoms with Gasteiger partial charge in [-0.15, -0.1) is 0 Å². The lowest BCUT2D eigenvalue weighted by Gasteiger charge is -2.17. The van der Waals surface area contributed by atoms with Gasteiger partial charge in [-0.3, -0.25) is 4.98 Å². The van der Waals surface area contributed by atoms with Crippen LogP contribution in [0.1, 0.15) is 37.1 Å². The molecule has 3 aromatic rings. The maximum atomic E-state index is 6.40. The summed E-state index contributed by atoms with van der Waals surface area (Å²) < 4.78 is 5.48. The summed E-state index contributed by atoms with van der Waals surface area (Å²) in [5.74, 6) is 1.12. The molecule has 0 radical (unpaired) electrons. The van der Waals surface area contributed by atoms with E-state index in [9.17, 15) is 0 Å². The monoisotopic (exact) mass is 294 g/mol. The van der Waals surface area contributed by atoms with Gasteiger partial charge >= 0.3 is 0 Å². The Labute approximate surface area is 128 Å². The molecule has 1 saturated carbocycles. The number of pyridine rings is 1. The van der Waals surface area contributed by atoms with Crippen LogP contribution in [0.5, 0.6) is 0 Å². The molecule has 0 spiro atoms. The predicted molar refractivity (Wildman–Crippen MR) is 84.1 cm³/mol. The Morgan fingerprint density at radius 3 is 2.77 bits per heavy atom. The number of rotatable bonds is 2. The summed E-state index contributed by atoms with van der Waals surface area (Å²) in [5.41, 5.74) is 8.91. The van der Waals surface area contributed by atoms with Gasteiger partial charge in [0.1, 0.15) is 0 Å². The fourth-order valence-electron chi connectivity index (χ4n) is 3.26. The number of aryl methyl sites for hydroxylation is 1. The highest BCUT2D eigenvalue weighted by Crippen LogP contribution is 2.36. The average Bonchev–Trinajstić information content (AvgIpc) is 3.18. The Bertz CT molecular complexity index is 834. The van der Waals surface area contributed by atoms with Gasteiger partial charge in [0.15, 0.2) is 5.82 Å². The molecule has 2 aromatic heterocycles. The number of nitrogens with zero attached hydrogens (tertiary/aromatic N) is 3. The largest absolute Gasteiger partial charge is 0.334 e. The third kappa shape index (κ3) is 2.01. The van der Waals surface area contributed by atoms with E-state index >= 15 is 0 Å². The number of aromatic nitrogens is 3. The van der Waals surface area contributed by atoms with E-state index in [0.29, 0.717) is 11.7 Å². The van der Waals surface area contributed by atoms with Crippen molar-refractivity contribution in [2.75, 3.05) is 0 Å². The van der Waals surface area contributed by atoms with E-state index in [-0.39, 0.29) is 0 Å². The first-order valence-electron chi connectivity index (χ1n) is 7.65. The van der Waals surface area contributed by atoms with E-state index in [1.807, 2.05) is 18.2 Å². The Balaban J connectivity index is 1.79. The minimum Gasteiger partial charge on any atom is -0.334 e. The maximum Gasteiger partial charge on any atom is 0.259 e. The van der Waals surface area contributed by atoms with Crippen LogP contribution >= 0.6 is 0 Å². The van der Waals surface area contributed by atoms with Gasteiger partial charge in [-0.05, 0) is 31.4 Å². The molecular weight excluding hydrogens is 276 g/mol. The summed E-state index contributed by atoms with van der Waals surface area (Å²) in [6.45, 7) is 2.05. The predicted octanol–water partition coefficient (Wildman–Crippen LogP) is 3.32. The van der Waals surface area contributed by atoms with Crippen molar-refractivity contribution < 1.29 is 4.52 Å². The van der Waals surface area contributed by atoms with Crippen molar-refractivity contribution in [3.05, 3.63) is 41.9 Å². The molecular formula is C17H18N4O. The van der Waals surface area contributed by atoms with Gasteiger partial charge in [0, 0.05) is 11.6 Å². The van der Waals surface area contributed by atoms with Crippen molar-refractivity contribution in [1.82, 2.24) is 15.1 Å². The van der Waals surface area contributed by atoms with E-state index in [4.69, 9.17) is 10.3 Å². The number of hydrogen-bond donors (Lipinski definition) is 1. The number of fused-ring (bicyclic) bond motifs is 1. The molecule has 4 rings (SSSR count). The first-order chi connectivity index (χ1) is 10.7. The zero-order valence-corrected chi connectivity index (χ0v) is 12.5. The lowest BCUT2D eigenvalue weighted by Crippen LogP contribution is -2.34. The van der Waals surface area contributed by atoms with Crippen molar-refractivity contribution in [2.24, 2.45) is 5.73 Å². The van der Waals surface area contributed by atoms with Crippen LogP contribution in [0, 0.1) is 6.92 Å². The smallest absolute Gasteiger partial charge is 0.259 e. The Kier molecular flexibility index (Phi) is 2.97. The van der Waals surface area contributed by atoms with Crippen molar-refractivity contribution in [3.63, 3.8) is 0 Å². The van der Waals surface area contributed by atoms with Crippen LogP contribution in [0.25, 0.3) is 22.4 Å². The standard InChI is InChI=1S/C17H18N4O/c1-11-12-6-2-3-7-14(12)19-10-13(11)15-20-16(21-22-15)17(18)8-4-5-9-17/h2-3,6-7,10H,4-5,8-9,18H2,1H3. The Hall–Kier alpha value is -2.27. The third-order valence-corrected chi connectivity index (χ3v) is 4.64. The lowest BCUT2D eigenvalue weighted by atomic mass is 9.98. The van der Waals surface area contributed by atoms with E-state index in [0.717, 1.165) is 47.7 Å². The molecule has 5 nitrogen and oxygen atoms in total. The molecule has 0 amide bonds. The molecule has 1 aromatic carbocycles. The highest BCUT2D eigenvalue weighted by molar-refractivity contribution is 5.86. The summed E-state index contributed by atoms with van der Waals surface area (Å²) in [5, 5.41) is 5.23. The van der Waals surface area contributed by atoms with Crippen molar-refractivity contribution in [1.29, 1.82) is 0 Å². The molecule has 1 fully saturated rings. The van der Waals surface area contributed by atoms with E-state index < -0.39 is 5.54 Å². The molecule has 2 heterocycles. The van der Waals surface area contributed by atoms with E-state index in [1.165, 1.54) is 0 Å². The maximum absolute atomic E-state index is 6.40. The van der Waals surface area contributed by atoms with Crippen molar-refractivity contribution in [3.8, 4) is 11.5 Å². The van der Waals surface area contributed by atoms with Gasteiger partial charge in [0.05, 0.1) is 16.6 Å². The summed E-state index contributed by atoms with van der Waals surface area (Å²) in [6, 6.07) is 8.05. The summed E-state index contributed by atoms with van der Waals surface area (Å²) >= 11 is 0. The molecule has 112 valence electrons. The molecule has 0 aliphatic heterocycles. The molecule has 1 aliphatic rings. The molecule has 0 bridgehead atoms. The first kappa shape index (κ1) is 13.4. The van der Waals surface area contributed by atoms with Crippen LogP contribution in [0.3, 0.4) is 0 Å². The van der Waals surface area contributed by atoms with Crippen LogP contribution in [0.2, 0.25) is 0 Å². The molecule has 2 N–H and O–H groups in total. The number of hydrogen-bond acceptors (Lipinski definition) is 5. The van der Waals surface area contributed by atoms with Crippen LogP contribution in [0.15, 0.2) is 35.0 Å². The zero-order valence-electron chi connectivity index (χ0n) is 12.5. The summed E-state index contributed by atoms with van der Waals surface area (Å²) in [7, 11) is 0. The second kappa shape index (κ2) is 4.88. The fraction of sp³-hybridized carbons (Fsp3) is 0.353. The SMILES string of the molecule is Cc1c(-c2nc(C3(N)CCCC3)no2)cnc2ccccc12. The van der Waals surface area contributed by atoms with Crippen LogP contribution in [0.4, 0.5) is 0 Å². The molecule has 0 saturated heterocycles. The number of nitrogens with two attached hydrogens (primary N) is 1. The van der Waals surface area contributed by atoms with Gasteiger partial charge < -0.3 is 10.3 Å². The van der Waals surface area contributed by atoms with Gasteiger partial charge in [-0.1, -0.05) is 36.2 Å². The average molecular weight is 294 g/mol. The number of benzene rings is 1.